The number of para-hydroxylation sites is 1. The van der Waals surface area contributed by atoms with Gasteiger partial charge in [-0.15, -0.1) is 0 Å². The number of hydrogen-bond acceptors (Lipinski definition) is 2. The number of rotatable bonds is 2. The molecule has 0 fully saturated rings. The lowest BCUT2D eigenvalue weighted by Gasteiger charge is -2.26. The number of anilines is 2. The van der Waals surface area contributed by atoms with Crippen molar-refractivity contribution < 1.29 is 4.79 Å². The first kappa shape index (κ1) is 12.2. The Labute approximate surface area is 117 Å². The number of hydrogen-bond donors (Lipinski definition) is 0. The summed E-state index contributed by atoms with van der Waals surface area (Å²) in [5.41, 5.74) is 3.93. The SMILES string of the molecule is CC1Cc2ccccc2N1c1cccc(Cl)c1C=O. The minimum Gasteiger partial charge on any atom is -0.337 e. The molecule has 0 aromatic heterocycles. The summed E-state index contributed by atoms with van der Waals surface area (Å²) in [4.78, 5) is 13.5. The second kappa shape index (κ2) is 4.71. The highest BCUT2D eigenvalue weighted by Crippen LogP contribution is 2.40. The van der Waals surface area contributed by atoms with Gasteiger partial charge in [0.1, 0.15) is 0 Å². The molecular weight excluding hydrogens is 258 g/mol. The summed E-state index contributed by atoms with van der Waals surface area (Å²) >= 11 is 6.12. The minimum atomic E-state index is 0.328. The molecule has 3 heteroatoms. The van der Waals surface area contributed by atoms with E-state index in [4.69, 9.17) is 11.6 Å². The van der Waals surface area contributed by atoms with Gasteiger partial charge in [-0.1, -0.05) is 35.9 Å². The third-order valence-corrected chi connectivity index (χ3v) is 3.94. The van der Waals surface area contributed by atoms with E-state index in [0.29, 0.717) is 16.6 Å². The zero-order chi connectivity index (χ0) is 13.4. The molecule has 3 rings (SSSR count). The smallest absolute Gasteiger partial charge is 0.153 e. The summed E-state index contributed by atoms with van der Waals surface area (Å²) in [7, 11) is 0. The second-order valence-electron chi connectivity index (χ2n) is 4.84. The van der Waals surface area contributed by atoms with Crippen molar-refractivity contribution in [1.29, 1.82) is 0 Å². The summed E-state index contributed by atoms with van der Waals surface area (Å²) in [6.45, 7) is 2.16. The quantitative estimate of drug-likeness (QED) is 0.762. The molecular formula is C16H14ClNO. The Balaban J connectivity index is 2.18. The molecule has 0 bridgehead atoms. The zero-order valence-corrected chi connectivity index (χ0v) is 11.4. The number of fused-ring (bicyclic) bond motifs is 1. The summed E-state index contributed by atoms with van der Waals surface area (Å²) in [6.07, 6.45) is 1.83. The molecule has 0 saturated heterocycles. The van der Waals surface area contributed by atoms with Crippen molar-refractivity contribution in [3.8, 4) is 0 Å². The van der Waals surface area contributed by atoms with Crippen LogP contribution in [-0.2, 0) is 6.42 Å². The van der Waals surface area contributed by atoms with Crippen molar-refractivity contribution in [3.63, 3.8) is 0 Å². The maximum Gasteiger partial charge on any atom is 0.153 e. The highest BCUT2D eigenvalue weighted by Gasteiger charge is 2.28. The standard InChI is InChI=1S/C16H14ClNO/c1-11-9-12-5-2-3-7-15(12)18(11)16-8-4-6-14(17)13(16)10-19/h2-8,10-11H,9H2,1H3. The van der Waals surface area contributed by atoms with Crippen LogP contribution in [0.25, 0.3) is 0 Å². The Morgan fingerprint density at radius 2 is 1.89 bits per heavy atom. The van der Waals surface area contributed by atoms with Gasteiger partial charge in [-0.3, -0.25) is 4.79 Å². The first-order valence-corrected chi connectivity index (χ1v) is 6.71. The molecule has 96 valence electrons. The van der Waals surface area contributed by atoms with Gasteiger partial charge in [0.25, 0.3) is 0 Å². The molecule has 2 aromatic carbocycles. The molecule has 1 atom stereocenters. The molecule has 2 aromatic rings. The molecule has 0 amide bonds. The number of halogens is 1. The summed E-state index contributed by atoms with van der Waals surface area (Å²) in [6, 6.07) is 14.2. The summed E-state index contributed by atoms with van der Waals surface area (Å²) in [5.74, 6) is 0. The van der Waals surface area contributed by atoms with Crippen molar-refractivity contribution in [1.82, 2.24) is 0 Å². The molecule has 19 heavy (non-hydrogen) atoms. The Bertz CT molecular complexity index is 638. The third-order valence-electron chi connectivity index (χ3n) is 3.61. The predicted octanol–water partition coefficient (Wildman–Crippen LogP) is 4.24. The fraction of sp³-hybridized carbons (Fsp3) is 0.188. The second-order valence-corrected chi connectivity index (χ2v) is 5.25. The van der Waals surface area contributed by atoms with Gasteiger partial charge in [-0.25, -0.2) is 0 Å². The molecule has 2 nitrogen and oxygen atoms in total. The van der Waals surface area contributed by atoms with Crippen LogP contribution in [0.5, 0.6) is 0 Å². The van der Waals surface area contributed by atoms with Crippen LogP contribution >= 0.6 is 11.6 Å². The third kappa shape index (κ3) is 1.92. The van der Waals surface area contributed by atoms with Crippen LogP contribution in [0.3, 0.4) is 0 Å². The summed E-state index contributed by atoms with van der Waals surface area (Å²) < 4.78 is 0. The lowest BCUT2D eigenvalue weighted by Crippen LogP contribution is -2.25. The van der Waals surface area contributed by atoms with Crippen LogP contribution in [0.4, 0.5) is 11.4 Å². The van der Waals surface area contributed by atoms with Crippen molar-refractivity contribution in [2.24, 2.45) is 0 Å². The number of carbonyl (C=O) groups is 1. The Hall–Kier alpha value is -1.80. The minimum absolute atomic E-state index is 0.328. The topological polar surface area (TPSA) is 20.3 Å². The van der Waals surface area contributed by atoms with Crippen LogP contribution in [0.15, 0.2) is 42.5 Å². The van der Waals surface area contributed by atoms with Crippen LogP contribution in [0.2, 0.25) is 5.02 Å². The maximum absolute atomic E-state index is 11.3. The van der Waals surface area contributed by atoms with Crippen LogP contribution in [0.1, 0.15) is 22.8 Å². The van der Waals surface area contributed by atoms with E-state index < -0.39 is 0 Å². The molecule has 0 spiro atoms. The van der Waals surface area contributed by atoms with Gasteiger partial charge >= 0.3 is 0 Å². The molecule has 1 aliphatic rings. The van der Waals surface area contributed by atoms with E-state index in [1.165, 1.54) is 11.3 Å². The largest absolute Gasteiger partial charge is 0.337 e. The van der Waals surface area contributed by atoms with E-state index in [0.717, 1.165) is 18.4 Å². The van der Waals surface area contributed by atoms with E-state index in [-0.39, 0.29) is 0 Å². The first-order valence-electron chi connectivity index (χ1n) is 6.33. The fourth-order valence-corrected chi connectivity index (χ4v) is 3.00. The van der Waals surface area contributed by atoms with E-state index in [2.05, 4.69) is 24.0 Å². The van der Waals surface area contributed by atoms with Gasteiger partial charge in [-0.05, 0) is 37.1 Å². The average Bonchev–Trinajstić information content (AvgIpc) is 2.74. The molecule has 1 unspecified atom stereocenters. The van der Waals surface area contributed by atoms with E-state index in [1.54, 1.807) is 6.07 Å². The van der Waals surface area contributed by atoms with Gasteiger partial charge in [0.15, 0.2) is 6.29 Å². The normalized spacial score (nSPS) is 17.4. The lowest BCUT2D eigenvalue weighted by molar-refractivity contribution is 0.112. The molecule has 0 aliphatic carbocycles. The van der Waals surface area contributed by atoms with Gasteiger partial charge in [-0.2, -0.15) is 0 Å². The lowest BCUT2D eigenvalue weighted by atomic mass is 10.1. The van der Waals surface area contributed by atoms with Crippen molar-refractivity contribution in [3.05, 3.63) is 58.6 Å². The van der Waals surface area contributed by atoms with Crippen LogP contribution in [-0.4, -0.2) is 12.3 Å². The Morgan fingerprint density at radius 1 is 1.16 bits per heavy atom. The highest BCUT2D eigenvalue weighted by atomic mass is 35.5. The maximum atomic E-state index is 11.3. The van der Waals surface area contributed by atoms with Crippen molar-refractivity contribution in [2.45, 2.75) is 19.4 Å². The van der Waals surface area contributed by atoms with Crippen LogP contribution in [0, 0.1) is 0 Å². The molecule has 1 aliphatic heterocycles. The monoisotopic (exact) mass is 271 g/mol. The predicted molar refractivity (Wildman–Crippen MR) is 78.6 cm³/mol. The number of aldehydes is 1. The fourth-order valence-electron chi connectivity index (χ4n) is 2.79. The van der Waals surface area contributed by atoms with Gasteiger partial charge < -0.3 is 4.90 Å². The molecule has 0 saturated carbocycles. The van der Waals surface area contributed by atoms with Gasteiger partial charge in [0.2, 0.25) is 0 Å². The Kier molecular flexibility index (Phi) is 3.03. The van der Waals surface area contributed by atoms with E-state index >= 15 is 0 Å². The highest BCUT2D eigenvalue weighted by molar-refractivity contribution is 6.33. The van der Waals surface area contributed by atoms with Gasteiger partial charge in [0, 0.05) is 11.7 Å². The molecule has 0 radical (unpaired) electrons. The number of benzene rings is 2. The van der Waals surface area contributed by atoms with Crippen molar-refractivity contribution in [2.75, 3.05) is 4.90 Å². The Morgan fingerprint density at radius 3 is 2.68 bits per heavy atom. The molecule has 1 heterocycles. The van der Waals surface area contributed by atoms with E-state index in [1.807, 2.05) is 24.3 Å². The number of nitrogens with zero attached hydrogens (tertiary/aromatic N) is 1. The van der Waals surface area contributed by atoms with Crippen molar-refractivity contribution >= 4 is 29.3 Å². The summed E-state index contributed by atoms with van der Waals surface area (Å²) in [5, 5.41) is 0.504. The van der Waals surface area contributed by atoms with Gasteiger partial charge in [0.05, 0.1) is 16.3 Å². The van der Waals surface area contributed by atoms with Crippen LogP contribution < -0.4 is 4.90 Å². The average molecular weight is 272 g/mol. The van der Waals surface area contributed by atoms with E-state index in [9.17, 15) is 4.79 Å². The molecule has 0 N–H and O–H groups in total. The number of carbonyl (C=O) groups excluding carboxylic acids is 1. The zero-order valence-electron chi connectivity index (χ0n) is 10.6. The first-order chi connectivity index (χ1) is 9.22.